The maximum Gasteiger partial charge on any atom is 0.273 e. The monoisotopic (exact) mass is 224 g/mol. The molecular formula is C11H20N4O. The van der Waals surface area contributed by atoms with Crippen LogP contribution in [0.15, 0.2) is 12.5 Å². The SMILES string of the molecule is CCCCN(C)C(=O)c1cn(CCN)cn1. The second-order valence-electron chi connectivity index (χ2n) is 3.87. The van der Waals surface area contributed by atoms with Gasteiger partial charge in [0.2, 0.25) is 0 Å². The molecule has 5 nitrogen and oxygen atoms in total. The van der Waals surface area contributed by atoms with Crippen LogP contribution >= 0.6 is 0 Å². The first kappa shape index (κ1) is 12.7. The van der Waals surface area contributed by atoms with Crippen LogP contribution in [0.1, 0.15) is 30.3 Å². The van der Waals surface area contributed by atoms with Crippen molar-refractivity contribution >= 4 is 5.91 Å². The van der Waals surface area contributed by atoms with Gasteiger partial charge in [0.05, 0.1) is 6.33 Å². The Morgan fingerprint density at radius 1 is 1.62 bits per heavy atom. The molecule has 16 heavy (non-hydrogen) atoms. The fraction of sp³-hybridized carbons (Fsp3) is 0.636. The molecule has 90 valence electrons. The molecule has 0 saturated carbocycles. The number of rotatable bonds is 6. The second-order valence-corrected chi connectivity index (χ2v) is 3.87. The second kappa shape index (κ2) is 6.27. The Labute approximate surface area is 96.3 Å². The van der Waals surface area contributed by atoms with Gasteiger partial charge in [0.15, 0.2) is 0 Å². The smallest absolute Gasteiger partial charge is 0.273 e. The molecule has 0 saturated heterocycles. The van der Waals surface area contributed by atoms with Crippen molar-refractivity contribution in [2.24, 2.45) is 5.73 Å². The van der Waals surface area contributed by atoms with Crippen LogP contribution in [0.2, 0.25) is 0 Å². The lowest BCUT2D eigenvalue weighted by molar-refractivity contribution is 0.0788. The van der Waals surface area contributed by atoms with Crippen molar-refractivity contribution in [3.8, 4) is 0 Å². The van der Waals surface area contributed by atoms with Crippen LogP contribution in [-0.4, -0.2) is 40.5 Å². The largest absolute Gasteiger partial charge is 0.340 e. The van der Waals surface area contributed by atoms with Crippen LogP contribution in [0.25, 0.3) is 0 Å². The summed E-state index contributed by atoms with van der Waals surface area (Å²) in [5, 5.41) is 0. The van der Waals surface area contributed by atoms with Crippen molar-refractivity contribution in [2.75, 3.05) is 20.1 Å². The predicted octanol–water partition coefficient (Wildman–Crippen LogP) is 0.714. The lowest BCUT2D eigenvalue weighted by atomic mass is 10.3. The Balaban J connectivity index is 2.57. The van der Waals surface area contributed by atoms with Crippen molar-refractivity contribution < 1.29 is 4.79 Å². The number of aromatic nitrogens is 2. The van der Waals surface area contributed by atoms with Gasteiger partial charge < -0.3 is 15.2 Å². The minimum atomic E-state index is -0.0239. The number of nitrogens with two attached hydrogens (primary N) is 1. The van der Waals surface area contributed by atoms with Gasteiger partial charge in [-0.05, 0) is 6.42 Å². The van der Waals surface area contributed by atoms with E-state index in [0.717, 1.165) is 19.4 Å². The Morgan fingerprint density at radius 3 is 3.00 bits per heavy atom. The molecule has 1 aromatic heterocycles. The molecule has 0 atom stereocenters. The van der Waals surface area contributed by atoms with Crippen LogP contribution in [0.3, 0.4) is 0 Å². The maximum atomic E-state index is 11.9. The van der Waals surface area contributed by atoms with Gasteiger partial charge in [-0.15, -0.1) is 0 Å². The van der Waals surface area contributed by atoms with Gasteiger partial charge in [-0.25, -0.2) is 4.98 Å². The predicted molar refractivity (Wildman–Crippen MR) is 63.1 cm³/mol. The zero-order chi connectivity index (χ0) is 12.0. The summed E-state index contributed by atoms with van der Waals surface area (Å²) in [6.07, 6.45) is 5.50. The number of hydrogen-bond donors (Lipinski definition) is 1. The molecule has 2 N–H and O–H groups in total. The topological polar surface area (TPSA) is 64.2 Å². The first-order chi connectivity index (χ1) is 7.69. The van der Waals surface area contributed by atoms with Crippen LogP contribution in [0.5, 0.6) is 0 Å². The van der Waals surface area contributed by atoms with E-state index in [2.05, 4.69) is 11.9 Å². The number of imidazole rings is 1. The van der Waals surface area contributed by atoms with E-state index < -0.39 is 0 Å². The molecule has 0 aliphatic heterocycles. The van der Waals surface area contributed by atoms with Crippen LogP contribution in [0.4, 0.5) is 0 Å². The molecule has 1 aromatic rings. The normalized spacial score (nSPS) is 10.4. The maximum absolute atomic E-state index is 11.9. The third-order valence-electron chi connectivity index (χ3n) is 2.43. The van der Waals surface area contributed by atoms with Crippen molar-refractivity contribution in [2.45, 2.75) is 26.3 Å². The Morgan fingerprint density at radius 2 is 2.38 bits per heavy atom. The number of carbonyl (C=O) groups is 1. The Kier molecular flexibility index (Phi) is 4.98. The highest BCUT2D eigenvalue weighted by molar-refractivity contribution is 5.91. The summed E-state index contributed by atoms with van der Waals surface area (Å²) >= 11 is 0. The molecule has 0 unspecified atom stereocenters. The van der Waals surface area contributed by atoms with Gasteiger partial charge in [-0.1, -0.05) is 13.3 Å². The third kappa shape index (κ3) is 3.34. The fourth-order valence-electron chi connectivity index (χ4n) is 1.43. The first-order valence-electron chi connectivity index (χ1n) is 5.66. The summed E-state index contributed by atoms with van der Waals surface area (Å²) in [6, 6.07) is 0. The van der Waals surface area contributed by atoms with Gasteiger partial charge in [0.1, 0.15) is 5.69 Å². The van der Waals surface area contributed by atoms with Gasteiger partial charge in [0, 0.05) is 32.9 Å². The molecule has 1 rings (SSSR count). The van der Waals surface area contributed by atoms with Gasteiger partial charge >= 0.3 is 0 Å². The molecule has 1 amide bonds. The summed E-state index contributed by atoms with van der Waals surface area (Å²) in [7, 11) is 1.81. The standard InChI is InChI=1S/C11H20N4O/c1-3-4-6-14(2)11(16)10-8-15(7-5-12)9-13-10/h8-9H,3-7,12H2,1-2H3. The van der Waals surface area contributed by atoms with E-state index in [9.17, 15) is 4.79 Å². The molecule has 0 bridgehead atoms. The van der Waals surface area contributed by atoms with Gasteiger partial charge in [-0.2, -0.15) is 0 Å². The summed E-state index contributed by atoms with van der Waals surface area (Å²) in [5.74, 6) is -0.0239. The summed E-state index contributed by atoms with van der Waals surface area (Å²) in [5.41, 5.74) is 5.92. The minimum absolute atomic E-state index is 0.0239. The molecule has 0 spiro atoms. The summed E-state index contributed by atoms with van der Waals surface area (Å²) in [6.45, 7) is 4.13. The quantitative estimate of drug-likeness (QED) is 0.774. The van der Waals surface area contributed by atoms with E-state index in [1.54, 1.807) is 24.5 Å². The summed E-state index contributed by atoms with van der Waals surface area (Å²) < 4.78 is 1.83. The van der Waals surface area contributed by atoms with E-state index >= 15 is 0 Å². The van der Waals surface area contributed by atoms with Crippen LogP contribution in [-0.2, 0) is 6.54 Å². The van der Waals surface area contributed by atoms with Crippen LogP contribution < -0.4 is 5.73 Å². The summed E-state index contributed by atoms with van der Waals surface area (Å²) in [4.78, 5) is 17.7. The Bertz CT molecular complexity index is 334. The number of carbonyl (C=O) groups excluding carboxylic acids is 1. The highest BCUT2D eigenvalue weighted by atomic mass is 16.2. The average Bonchev–Trinajstić information content (AvgIpc) is 2.74. The fourth-order valence-corrected chi connectivity index (χ4v) is 1.43. The van der Waals surface area contributed by atoms with Crippen molar-refractivity contribution in [1.29, 1.82) is 0 Å². The van der Waals surface area contributed by atoms with E-state index in [4.69, 9.17) is 5.73 Å². The van der Waals surface area contributed by atoms with Crippen molar-refractivity contribution in [1.82, 2.24) is 14.5 Å². The van der Waals surface area contributed by atoms with Crippen LogP contribution in [0, 0.1) is 0 Å². The zero-order valence-electron chi connectivity index (χ0n) is 10.0. The number of unbranched alkanes of at least 4 members (excludes halogenated alkanes) is 1. The van der Waals surface area contributed by atoms with Crippen molar-refractivity contribution in [3.63, 3.8) is 0 Å². The van der Waals surface area contributed by atoms with E-state index in [-0.39, 0.29) is 5.91 Å². The minimum Gasteiger partial charge on any atom is -0.340 e. The highest BCUT2D eigenvalue weighted by Crippen LogP contribution is 2.02. The first-order valence-corrected chi connectivity index (χ1v) is 5.66. The van der Waals surface area contributed by atoms with E-state index in [1.807, 2.05) is 4.57 Å². The van der Waals surface area contributed by atoms with E-state index in [0.29, 0.717) is 18.8 Å². The Hall–Kier alpha value is -1.36. The number of amides is 1. The highest BCUT2D eigenvalue weighted by Gasteiger charge is 2.13. The lowest BCUT2D eigenvalue weighted by Gasteiger charge is -2.14. The number of hydrogen-bond acceptors (Lipinski definition) is 3. The van der Waals surface area contributed by atoms with E-state index in [1.165, 1.54) is 0 Å². The molecule has 1 heterocycles. The molecule has 0 radical (unpaired) electrons. The molecular weight excluding hydrogens is 204 g/mol. The molecule has 0 aliphatic carbocycles. The molecule has 0 aromatic carbocycles. The average molecular weight is 224 g/mol. The van der Waals surface area contributed by atoms with Gasteiger partial charge in [0.25, 0.3) is 5.91 Å². The number of nitrogens with zero attached hydrogens (tertiary/aromatic N) is 3. The third-order valence-corrected chi connectivity index (χ3v) is 2.43. The molecule has 0 aliphatic rings. The lowest BCUT2D eigenvalue weighted by Crippen LogP contribution is -2.27. The van der Waals surface area contributed by atoms with Crippen molar-refractivity contribution in [3.05, 3.63) is 18.2 Å². The molecule has 5 heteroatoms. The molecule has 0 fully saturated rings. The van der Waals surface area contributed by atoms with Gasteiger partial charge in [-0.3, -0.25) is 4.79 Å². The zero-order valence-corrected chi connectivity index (χ0v) is 10.0.